The van der Waals surface area contributed by atoms with Gasteiger partial charge in [0.2, 0.25) is 0 Å². The van der Waals surface area contributed by atoms with Crippen molar-refractivity contribution in [2.24, 2.45) is 0 Å². The number of rotatable bonds is 3. The van der Waals surface area contributed by atoms with E-state index in [1.807, 2.05) is 6.07 Å². The first-order valence-corrected chi connectivity index (χ1v) is 17.7. The highest BCUT2D eigenvalue weighted by Gasteiger charge is 2.48. The van der Waals surface area contributed by atoms with Gasteiger partial charge in [-0.3, -0.25) is 0 Å². The van der Waals surface area contributed by atoms with Gasteiger partial charge in [0.15, 0.2) is 11.3 Å². The zero-order chi connectivity index (χ0) is 32.1. The monoisotopic (exact) mass is 628 g/mol. The second-order valence-corrected chi connectivity index (χ2v) is 13.9. The molecule has 2 aliphatic heterocycles. The van der Waals surface area contributed by atoms with Gasteiger partial charge in [-0.1, -0.05) is 123 Å². The molecule has 5 aromatic carbocycles. The molecule has 2 heterocycles. The molecule has 0 radical (unpaired) electrons. The first-order chi connectivity index (χ1) is 23.7. The molecule has 0 N–H and O–H groups in total. The SMILES string of the molecule is [C-]#[N+]c1ccc2c(c1)C1(CCCCCCC1)c1c3c(c4ccccc4c1-2)OC(c1ccccc1)(c1ccc(N2CCOCC2)cc1)C=C3. The molecule has 0 aromatic heterocycles. The lowest BCUT2D eigenvalue weighted by Crippen LogP contribution is -2.37. The van der Waals surface area contributed by atoms with Crippen LogP contribution in [0.4, 0.5) is 11.4 Å². The molecule has 1 unspecified atom stereocenters. The van der Waals surface area contributed by atoms with Crippen molar-refractivity contribution in [1.82, 2.24) is 0 Å². The van der Waals surface area contributed by atoms with Crippen LogP contribution in [0.1, 0.15) is 72.8 Å². The summed E-state index contributed by atoms with van der Waals surface area (Å²) in [5.74, 6) is 0.965. The van der Waals surface area contributed by atoms with Gasteiger partial charge in [-0.05, 0) is 58.7 Å². The zero-order valence-electron chi connectivity index (χ0n) is 27.4. The van der Waals surface area contributed by atoms with Crippen LogP contribution in [-0.2, 0) is 15.8 Å². The first-order valence-electron chi connectivity index (χ1n) is 17.7. The zero-order valence-corrected chi connectivity index (χ0v) is 27.4. The summed E-state index contributed by atoms with van der Waals surface area (Å²) >= 11 is 0. The van der Waals surface area contributed by atoms with Crippen molar-refractivity contribution in [3.63, 3.8) is 0 Å². The topological polar surface area (TPSA) is 26.1 Å². The molecular formula is C44H40N2O2. The van der Waals surface area contributed by atoms with Gasteiger partial charge in [0.05, 0.1) is 19.8 Å². The van der Waals surface area contributed by atoms with Crippen LogP contribution in [-0.4, -0.2) is 26.3 Å². The number of hydrogen-bond acceptors (Lipinski definition) is 3. The second kappa shape index (κ2) is 11.7. The molecule has 48 heavy (non-hydrogen) atoms. The van der Waals surface area contributed by atoms with Crippen LogP contribution in [0, 0.1) is 6.57 Å². The van der Waals surface area contributed by atoms with Gasteiger partial charge in [-0.25, -0.2) is 4.85 Å². The standard InChI is InChI=1S/C44H40N2O2/c1-45-33-18-21-37-39(30-33)43(23-10-3-2-4-11-24-43)41-38-22-25-44(31-12-6-5-7-13-31,48-42(38)36-15-9-8-14-35(36)40(37)41)32-16-19-34(20-17-32)46-26-28-47-29-27-46/h5-9,12-22,25,30H,2-4,10-11,23-24,26-29H2. The Hall–Kier alpha value is -4.85. The summed E-state index contributed by atoms with van der Waals surface area (Å²) in [6, 6.07) is 35.0. The largest absolute Gasteiger partial charge is 0.472 e. The Morgan fingerprint density at radius 2 is 1.40 bits per heavy atom. The van der Waals surface area contributed by atoms with Crippen LogP contribution in [0.2, 0.25) is 0 Å². The molecule has 1 spiro atoms. The minimum absolute atomic E-state index is 0.139. The van der Waals surface area contributed by atoms with Gasteiger partial charge >= 0.3 is 0 Å². The number of ether oxygens (including phenoxy) is 2. The Bertz CT molecular complexity index is 2080. The van der Waals surface area contributed by atoms with Crippen LogP contribution in [0.3, 0.4) is 0 Å². The van der Waals surface area contributed by atoms with E-state index >= 15 is 0 Å². The maximum Gasteiger partial charge on any atom is 0.187 e. The number of nitrogens with zero attached hydrogens (tertiary/aromatic N) is 2. The normalized spacial score (nSPS) is 21.0. The van der Waals surface area contributed by atoms with Crippen molar-refractivity contribution in [3.05, 3.63) is 142 Å². The highest BCUT2D eigenvalue weighted by Crippen LogP contribution is 2.62. The summed E-state index contributed by atoms with van der Waals surface area (Å²) in [6.45, 7) is 11.2. The van der Waals surface area contributed by atoms with E-state index in [-0.39, 0.29) is 5.41 Å². The molecule has 0 amide bonds. The van der Waals surface area contributed by atoms with E-state index in [1.54, 1.807) is 0 Å². The van der Waals surface area contributed by atoms with Crippen molar-refractivity contribution >= 4 is 28.2 Å². The summed E-state index contributed by atoms with van der Waals surface area (Å²) in [4.78, 5) is 6.31. The van der Waals surface area contributed by atoms with E-state index in [0.29, 0.717) is 0 Å². The fourth-order valence-corrected chi connectivity index (χ4v) is 9.15. The van der Waals surface area contributed by atoms with Crippen molar-refractivity contribution in [2.75, 3.05) is 31.2 Å². The number of hydrogen-bond donors (Lipinski definition) is 0. The van der Waals surface area contributed by atoms with Gasteiger partial charge < -0.3 is 14.4 Å². The molecule has 4 aliphatic rings. The molecule has 9 rings (SSSR count). The molecule has 0 bridgehead atoms. The molecule has 238 valence electrons. The third-order valence-corrected chi connectivity index (χ3v) is 11.4. The smallest absolute Gasteiger partial charge is 0.187 e. The van der Waals surface area contributed by atoms with Crippen molar-refractivity contribution in [3.8, 4) is 16.9 Å². The van der Waals surface area contributed by atoms with Crippen LogP contribution >= 0.6 is 0 Å². The van der Waals surface area contributed by atoms with E-state index in [4.69, 9.17) is 16.0 Å². The number of morpholine rings is 1. The molecule has 1 saturated carbocycles. The molecule has 5 aromatic rings. The van der Waals surface area contributed by atoms with Crippen molar-refractivity contribution in [2.45, 2.75) is 56.0 Å². The Kier molecular flexibility index (Phi) is 7.13. The van der Waals surface area contributed by atoms with Crippen LogP contribution in [0.15, 0.2) is 103 Å². The van der Waals surface area contributed by atoms with E-state index < -0.39 is 5.60 Å². The van der Waals surface area contributed by atoms with Gasteiger partial charge in [0.1, 0.15) is 5.75 Å². The number of anilines is 1. The fourth-order valence-electron chi connectivity index (χ4n) is 9.15. The minimum Gasteiger partial charge on any atom is -0.472 e. The van der Waals surface area contributed by atoms with E-state index in [9.17, 15) is 0 Å². The number of fused-ring (bicyclic) bond motifs is 10. The van der Waals surface area contributed by atoms with E-state index in [1.165, 1.54) is 71.0 Å². The number of benzene rings is 5. The van der Waals surface area contributed by atoms with E-state index in [2.05, 4.69) is 113 Å². The second-order valence-electron chi connectivity index (χ2n) is 13.9. The van der Waals surface area contributed by atoms with Crippen LogP contribution in [0.25, 0.3) is 32.8 Å². The Labute approximate surface area is 283 Å². The van der Waals surface area contributed by atoms with Crippen molar-refractivity contribution in [1.29, 1.82) is 0 Å². The Balaban J connectivity index is 1.28. The van der Waals surface area contributed by atoms with Crippen LogP contribution < -0.4 is 9.64 Å². The lowest BCUT2D eigenvalue weighted by Gasteiger charge is -2.40. The molecule has 4 heteroatoms. The predicted molar refractivity (Wildman–Crippen MR) is 195 cm³/mol. The summed E-state index contributed by atoms with van der Waals surface area (Å²) < 4.78 is 13.2. The lowest BCUT2D eigenvalue weighted by atomic mass is 9.67. The highest BCUT2D eigenvalue weighted by atomic mass is 16.5. The molecule has 2 fully saturated rings. The fraction of sp³-hybridized carbons (Fsp3) is 0.295. The molecule has 1 saturated heterocycles. The van der Waals surface area contributed by atoms with Crippen molar-refractivity contribution < 1.29 is 9.47 Å². The summed E-state index contributed by atoms with van der Waals surface area (Å²) in [6.07, 6.45) is 13.1. The lowest BCUT2D eigenvalue weighted by molar-refractivity contribution is 0.122. The first kappa shape index (κ1) is 29.3. The van der Waals surface area contributed by atoms with Crippen LogP contribution in [0.5, 0.6) is 5.75 Å². The Morgan fingerprint density at radius 3 is 2.15 bits per heavy atom. The van der Waals surface area contributed by atoms with Gasteiger partial charge in [-0.15, -0.1) is 0 Å². The van der Waals surface area contributed by atoms with Gasteiger partial charge in [0, 0.05) is 46.3 Å². The average Bonchev–Trinajstić information content (AvgIpc) is 3.43. The highest BCUT2D eigenvalue weighted by molar-refractivity contribution is 6.08. The Morgan fingerprint density at radius 1 is 0.708 bits per heavy atom. The third kappa shape index (κ3) is 4.45. The van der Waals surface area contributed by atoms with Gasteiger partial charge in [0.25, 0.3) is 0 Å². The quantitative estimate of drug-likeness (QED) is 0.186. The molecule has 1 atom stereocenters. The molecule has 4 nitrogen and oxygen atoms in total. The summed E-state index contributed by atoms with van der Waals surface area (Å²) in [7, 11) is 0. The molecular weight excluding hydrogens is 588 g/mol. The van der Waals surface area contributed by atoms with E-state index in [0.717, 1.165) is 67.1 Å². The maximum absolute atomic E-state index is 7.89. The summed E-state index contributed by atoms with van der Waals surface area (Å²) in [5, 5.41) is 2.38. The minimum atomic E-state index is -0.786. The average molecular weight is 629 g/mol. The maximum atomic E-state index is 7.89. The third-order valence-electron chi connectivity index (χ3n) is 11.4. The predicted octanol–water partition coefficient (Wildman–Crippen LogP) is 10.6. The summed E-state index contributed by atoms with van der Waals surface area (Å²) in [5.41, 5.74) is 9.86. The molecule has 2 aliphatic carbocycles. The van der Waals surface area contributed by atoms with Gasteiger partial charge in [-0.2, -0.15) is 0 Å².